The third kappa shape index (κ3) is 3.72. The molecule has 0 spiro atoms. The SMILES string of the molecule is O=C(O)C(Cc1cccc2ccccc12)NC(=O)C1COCCO1. The third-order valence-corrected chi connectivity index (χ3v) is 4.03. The molecule has 6 nitrogen and oxygen atoms in total. The lowest BCUT2D eigenvalue weighted by Gasteiger charge is -2.24. The van der Waals surface area contributed by atoms with Crippen LogP contribution in [0.2, 0.25) is 0 Å². The van der Waals surface area contributed by atoms with E-state index < -0.39 is 24.0 Å². The van der Waals surface area contributed by atoms with Gasteiger partial charge in [0.25, 0.3) is 5.91 Å². The number of amides is 1. The predicted octanol–water partition coefficient (Wildman–Crippen LogP) is 1.37. The molecule has 126 valence electrons. The molecule has 2 N–H and O–H groups in total. The average Bonchev–Trinajstić information content (AvgIpc) is 2.62. The lowest BCUT2D eigenvalue weighted by atomic mass is 9.98. The zero-order chi connectivity index (χ0) is 16.9. The molecular weight excluding hydrogens is 310 g/mol. The molecule has 1 aliphatic heterocycles. The highest BCUT2D eigenvalue weighted by Crippen LogP contribution is 2.20. The number of benzene rings is 2. The van der Waals surface area contributed by atoms with Gasteiger partial charge in [-0.05, 0) is 16.3 Å². The Hall–Kier alpha value is -2.44. The highest BCUT2D eigenvalue weighted by molar-refractivity contribution is 5.89. The fourth-order valence-corrected chi connectivity index (χ4v) is 2.79. The summed E-state index contributed by atoms with van der Waals surface area (Å²) in [6.45, 7) is 0.924. The molecule has 1 heterocycles. The van der Waals surface area contributed by atoms with E-state index in [-0.39, 0.29) is 13.0 Å². The first-order valence-electron chi connectivity index (χ1n) is 7.84. The van der Waals surface area contributed by atoms with Crippen LogP contribution in [0.4, 0.5) is 0 Å². The second-order valence-electron chi connectivity index (χ2n) is 5.68. The van der Waals surface area contributed by atoms with Gasteiger partial charge < -0.3 is 19.9 Å². The average molecular weight is 329 g/mol. The first-order valence-corrected chi connectivity index (χ1v) is 7.84. The van der Waals surface area contributed by atoms with E-state index in [1.165, 1.54) is 0 Å². The van der Waals surface area contributed by atoms with Crippen molar-refractivity contribution >= 4 is 22.6 Å². The van der Waals surface area contributed by atoms with Crippen molar-refractivity contribution in [3.05, 3.63) is 48.0 Å². The van der Waals surface area contributed by atoms with Crippen molar-refractivity contribution in [2.75, 3.05) is 19.8 Å². The molecule has 0 bridgehead atoms. The molecule has 1 fully saturated rings. The van der Waals surface area contributed by atoms with E-state index in [9.17, 15) is 14.7 Å². The molecule has 0 aliphatic carbocycles. The largest absolute Gasteiger partial charge is 0.480 e. The summed E-state index contributed by atoms with van der Waals surface area (Å²) in [6, 6.07) is 12.5. The number of aliphatic carboxylic acids is 1. The summed E-state index contributed by atoms with van der Waals surface area (Å²) in [4.78, 5) is 23.8. The van der Waals surface area contributed by atoms with Crippen molar-refractivity contribution in [1.82, 2.24) is 5.32 Å². The number of hydrogen-bond acceptors (Lipinski definition) is 4. The van der Waals surface area contributed by atoms with Crippen LogP contribution in [0.5, 0.6) is 0 Å². The van der Waals surface area contributed by atoms with Gasteiger partial charge in [0.05, 0.1) is 19.8 Å². The van der Waals surface area contributed by atoms with Crippen LogP contribution in [0.1, 0.15) is 5.56 Å². The summed E-state index contributed by atoms with van der Waals surface area (Å²) < 4.78 is 10.5. The van der Waals surface area contributed by atoms with Crippen molar-refractivity contribution in [3.63, 3.8) is 0 Å². The summed E-state index contributed by atoms with van der Waals surface area (Å²) in [5, 5.41) is 14.0. The zero-order valence-electron chi connectivity index (χ0n) is 13.1. The van der Waals surface area contributed by atoms with E-state index in [1.807, 2.05) is 42.5 Å². The number of rotatable bonds is 5. The number of fused-ring (bicyclic) bond motifs is 1. The van der Waals surface area contributed by atoms with Gasteiger partial charge in [0.2, 0.25) is 0 Å². The van der Waals surface area contributed by atoms with Crippen LogP contribution in [-0.2, 0) is 25.5 Å². The minimum Gasteiger partial charge on any atom is -0.480 e. The summed E-state index contributed by atoms with van der Waals surface area (Å²) in [6.07, 6.45) is -0.552. The van der Waals surface area contributed by atoms with Gasteiger partial charge in [-0.2, -0.15) is 0 Å². The maximum absolute atomic E-state index is 12.2. The number of carbonyl (C=O) groups excluding carboxylic acids is 1. The van der Waals surface area contributed by atoms with Gasteiger partial charge in [0.15, 0.2) is 6.10 Å². The van der Waals surface area contributed by atoms with Crippen molar-refractivity contribution < 1.29 is 24.2 Å². The Balaban J connectivity index is 1.76. The molecule has 0 radical (unpaired) electrons. The van der Waals surface area contributed by atoms with Crippen LogP contribution in [0.3, 0.4) is 0 Å². The second-order valence-corrected chi connectivity index (χ2v) is 5.68. The molecule has 0 saturated carbocycles. The van der Waals surface area contributed by atoms with Crippen molar-refractivity contribution in [2.24, 2.45) is 0 Å². The van der Waals surface area contributed by atoms with Gasteiger partial charge in [-0.3, -0.25) is 4.79 Å². The van der Waals surface area contributed by atoms with Gasteiger partial charge in [0, 0.05) is 6.42 Å². The monoisotopic (exact) mass is 329 g/mol. The van der Waals surface area contributed by atoms with E-state index in [4.69, 9.17) is 9.47 Å². The summed E-state index contributed by atoms with van der Waals surface area (Å²) in [5.74, 6) is -1.53. The Labute approximate surface area is 139 Å². The van der Waals surface area contributed by atoms with E-state index in [0.29, 0.717) is 13.2 Å². The van der Waals surface area contributed by atoms with Crippen LogP contribution < -0.4 is 5.32 Å². The van der Waals surface area contributed by atoms with E-state index in [0.717, 1.165) is 16.3 Å². The molecule has 2 aromatic carbocycles. The molecule has 2 atom stereocenters. The first-order chi connectivity index (χ1) is 11.6. The Morgan fingerprint density at radius 1 is 1.17 bits per heavy atom. The van der Waals surface area contributed by atoms with Gasteiger partial charge in [-0.15, -0.1) is 0 Å². The lowest BCUT2D eigenvalue weighted by molar-refractivity contribution is -0.152. The van der Waals surface area contributed by atoms with Gasteiger partial charge >= 0.3 is 5.97 Å². The molecule has 2 unspecified atom stereocenters. The number of ether oxygens (including phenoxy) is 2. The van der Waals surface area contributed by atoms with Crippen LogP contribution in [0.25, 0.3) is 10.8 Å². The smallest absolute Gasteiger partial charge is 0.326 e. The summed E-state index contributed by atoms with van der Waals surface area (Å²) in [7, 11) is 0. The zero-order valence-corrected chi connectivity index (χ0v) is 13.1. The van der Waals surface area contributed by atoms with Crippen molar-refractivity contribution in [1.29, 1.82) is 0 Å². The molecule has 6 heteroatoms. The Kier molecular flexibility index (Phi) is 5.08. The Morgan fingerprint density at radius 3 is 2.71 bits per heavy atom. The topological polar surface area (TPSA) is 84.9 Å². The number of carboxylic acids is 1. The van der Waals surface area contributed by atoms with E-state index >= 15 is 0 Å². The number of carboxylic acid groups (broad SMARTS) is 1. The molecular formula is C18H19NO5. The molecule has 0 aromatic heterocycles. The fourth-order valence-electron chi connectivity index (χ4n) is 2.79. The maximum atomic E-state index is 12.2. The maximum Gasteiger partial charge on any atom is 0.326 e. The van der Waals surface area contributed by atoms with Crippen LogP contribution in [-0.4, -0.2) is 48.9 Å². The molecule has 3 rings (SSSR count). The fraction of sp³-hybridized carbons (Fsp3) is 0.333. The summed E-state index contributed by atoms with van der Waals surface area (Å²) >= 11 is 0. The number of nitrogens with one attached hydrogen (secondary N) is 1. The van der Waals surface area contributed by atoms with E-state index in [1.54, 1.807) is 0 Å². The van der Waals surface area contributed by atoms with Gasteiger partial charge in [-0.1, -0.05) is 42.5 Å². The number of carbonyl (C=O) groups is 2. The van der Waals surface area contributed by atoms with Crippen LogP contribution in [0, 0.1) is 0 Å². The van der Waals surface area contributed by atoms with Crippen LogP contribution >= 0.6 is 0 Å². The molecule has 24 heavy (non-hydrogen) atoms. The van der Waals surface area contributed by atoms with E-state index in [2.05, 4.69) is 5.32 Å². The van der Waals surface area contributed by atoms with Gasteiger partial charge in [0.1, 0.15) is 6.04 Å². The standard InChI is InChI=1S/C18H19NO5/c20-17(16-11-23-8-9-24-16)19-15(18(21)22)10-13-6-3-5-12-4-1-2-7-14(12)13/h1-7,15-16H,8-11H2,(H,19,20)(H,21,22). The summed E-state index contributed by atoms with van der Waals surface area (Å²) in [5.41, 5.74) is 0.876. The minimum absolute atomic E-state index is 0.145. The highest BCUT2D eigenvalue weighted by Gasteiger charge is 2.28. The molecule has 2 aromatic rings. The van der Waals surface area contributed by atoms with Crippen LogP contribution in [0.15, 0.2) is 42.5 Å². The third-order valence-electron chi connectivity index (χ3n) is 4.03. The quantitative estimate of drug-likeness (QED) is 0.865. The van der Waals surface area contributed by atoms with Crippen molar-refractivity contribution in [3.8, 4) is 0 Å². The van der Waals surface area contributed by atoms with Gasteiger partial charge in [-0.25, -0.2) is 4.79 Å². The second kappa shape index (κ2) is 7.42. The highest BCUT2D eigenvalue weighted by atomic mass is 16.6. The minimum atomic E-state index is -1.08. The Bertz CT molecular complexity index is 734. The first kappa shape index (κ1) is 16.4. The van der Waals surface area contributed by atoms with Crippen molar-refractivity contribution in [2.45, 2.75) is 18.6 Å². The molecule has 1 aliphatic rings. The molecule has 1 saturated heterocycles. The normalized spacial score (nSPS) is 18.9. The lowest BCUT2D eigenvalue weighted by Crippen LogP contribution is -2.50. The number of hydrogen-bond donors (Lipinski definition) is 2. The molecule has 1 amide bonds. The Morgan fingerprint density at radius 2 is 1.96 bits per heavy atom. The predicted molar refractivity (Wildman–Crippen MR) is 87.8 cm³/mol.